The van der Waals surface area contributed by atoms with Crippen molar-refractivity contribution in [3.63, 3.8) is 0 Å². The molecule has 1 N–H and O–H groups in total. The molecule has 0 unspecified atom stereocenters. The Kier molecular flexibility index (Phi) is 7.11. The second kappa shape index (κ2) is 7.49. The van der Waals surface area contributed by atoms with Crippen LogP contribution in [0.2, 0.25) is 0 Å². The molecule has 0 spiro atoms. The summed E-state index contributed by atoms with van der Waals surface area (Å²) < 4.78 is 10.5. The van der Waals surface area contributed by atoms with Crippen LogP contribution in [0.25, 0.3) is 0 Å². The SMILES string of the molecule is CCC(C)(C)NCc1ccc(OC)cc1OC.Cl. The fourth-order valence-electron chi connectivity index (χ4n) is 1.46. The molecule has 1 aromatic carbocycles. The summed E-state index contributed by atoms with van der Waals surface area (Å²) in [7, 11) is 3.34. The van der Waals surface area contributed by atoms with Gasteiger partial charge in [0.15, 0.2) is 0 Å². The summed E-state index contributed by atoms with van der Waals surface area (Å²) in [5.41, 5.74) is 1.29. The molecule has 104 valence electrons. The third-order valence-corrected chi connectivity index (χ3v) is 3.14. The Hall–Kier alpha value is -0.930. The smallest absolute Gasteiger partial charge is 0.127 e. The summed E-state index contributed by atoms with van der Waals surface area (Å²) in [6.07, 6.45) is 1.09. The summed E-state index contributed by atoms with van der Waals surface area (Å²) in [6, 6.07) is 5.91. The molecule has 1 aromatic rings. The summed E-state index contributed by atoms with van der Waals surface area (Å²) in [4.78, 5) is 0. The van der Waals surface area contributed by atoms with Crippen LogP contribution in [0, 0.1) is 0 Å². The molecule has 3 nitrogen and oxygen atoms in total. The topological polar surface area (TPSA) is 30.5 Å². The van der Waals surface area contributed by atoms with Crippen LogP contribution in [0.3, 0.4) is 0 Å². The summed E-state index contributed by atoms with van der Waals surface area (Å²) in [6.45, 7) is 7.37. The Morgan fingerprint density at radius 3 is 2.33 bits per heavy atom. The van der Waals surface area contributed by atoms with Gasteiger partial charge in [0.05, 0.1) is 14.2 Å². The zero-order valence-corrected chi connectivity index (χ0v) is 12.7. The molecule has 0 amide bonds. The van der Waals surface area contributed by atoms with E-state index < -0.39 is 0 Å². The van der Waals surface area contributed by atoms with Crippen molar-refractivity contribution in [2.24, 2.45) is 0 Å². The van der Waals surface area contributed by atoms with Crippen LogP contribution < -0.4 is 14.8 Å². The lowest BCUT2D eigenvalue weighted by molar-refractivity contribution is 0.361. The van der Waals surface area contributed by atoms with E-state index in [4.69, 9.17) is 9.47 Å². The average molecular weight is 274 g/mol. The van der Waals surface area contributed by atoms with Crippen molar-refractivity contribution in [2.45, 2.75) is 39.3 Å². The minimum atomic E-state index is 0. The van der Waals surface area contributed by atoms with Gasteiger partial charge in [-0.15, -0.1) is 12.4 Å². The Balaban J connectivity index is 0.00000289. The molecule has 1 rings (SSSR count). The molecule has 0 bridgehead atoms. The quantitative estimate of drug-likeness (QED) is 0.862. The van der Waals surface area contributed by atoms with Gasteiger partial charge >= 0.3 is 0 Å². The van der Waals surface area contributed by atoms with E-state index in [9.17, 15) is 0 Å². The lowest BCUT2D eigenvalue weighted by Crippen LogP contribution is -2.37. The monoisotopic (exact) mass is 273 g/mol. The molecule has 0 aliphatic heterocycles. The van der Waals surface area contributed by atoms with Crippen molar-refractivity contribution in [1.29, 1.82) is 0 Å². The zero-order chi connectivity index (χ0) is 12.9. The van der Waals surface area contributed by atoms with Gasteiger partial charge in [0.1, 0.15) is 11.5 Å². The molecule has 0 aromatic heterocycles. The fraction of sp³-hybridized carbons (Fsp3) is 0.571. The molecule has 0 fully saturated rings. The summed E-state index contributed by atoms with van der Waals surface area (Å²) in [5, 5.41) is 3.52. The van der Waals surface area contributed by atoms with Crippen LogP contribution >= 0.6 is 12.4 Å². The fourth-order valence-corrected chi connectivity index (χ4v) is 1.46. The predicted octanol–water partition coefficient (Wildman–Crippen LogP) is 3.40. The number of nitrogens with one attached hydrogen (secondary N) is 1. The summed E-state index contributed by atoms with van der Waals surface area (Å²) >= 11 is 0. The van der Waals surface area contributed by atoms with E-state index in [1.165, 1.54) is 0 Å². The highest BCUT2D eigenvalue weighted by molar-refractivity contribution is 5.85. The number of rotatable bonds is 6. The Labute approximate surface area is 116 Å². The average Bonchev–Trinajstić information content (AvgIpc) is 2.36. The third-order valence-electron chi connectivity index (χ3n) is 3.14. The first-order valence-corrected chi connectivity index (χ1v) is 5.98. The standard InChI is InChI=1S/C14H23NO2.ClH/c1-6-14(2,3)15-10-11-7-8-12(16-4)9-13(11)17-5;/h7-9,15H,6,10H2,1-5H3;1H. The van der Waals surface area contributed by atoms with Gasteiger partial charge in [-0.1, -0.05) is 13.0 Å². The van der Waals surface area contributed by atoms with Crippen LogP contribution in [0.15, 0.2) is 18.2 Å². The number of ether oxygens (including phenoxy) is 2. The van der Waals surface area contributed by atoms with Gasteiger partial charge in [-0.25, -0.2) is 0 Å². The van der Waals surface area contributed by atoms with Crippen LogP contribution in [0.1, 0.15) is 32.8 Å². The second-order valence-electron chi connectivity index (χ2n) is 4.77. The van der Waals surface area contributed by atoms with Gasteiger partial charge in [-0.05, 0) is 26.3 Å². The highest BCUT2D eigenvalue weighted by Gasteiger charge is 2.14. The lowest BCUT2D eigenvalue weighted by Gasteiger charge is -2.25. The molecule has 0 aliphatic rings. The molecular weight excluding hydrogens is 250 g/mol. The van der Waals surface area contributed by atoms with Gasteiger partial charge < -0.3 is 14.8 Å². The number of hydrogen-bond acceptors (Lipinski definition) is 3. The number of halogens is 1. The van der Waals surface area contributed by atoms with Gasteiger partial charge in [0, 0.05) is 23.7 Å². The number of methoxy groups -OCH3 is 2. The van der Waals surface area contributed by atoms with Crippen LogP contribution in [-0.2, 0) is 6.54 Å². The van der Waals surface area contributed by atoms with Crippen molar-refractivity contribution in [1.82, 2.24) is 5.32 Å². The minimum absolute atomic E-state index is 0. The van der Waals surface area contributed by atoms with Crippen molar-refractivity contribution >= 4 is 12.4 Å². The molecule has 0 heterocycles. The molecular formula is C14H24ClNO2. The normalized spacial score (nSPS) is 10.7. The number of hydrogen-bond donors (Lipinski definition) is 1. The van der Waals surface area contributed by atoms with E-state index in [2.05, 4.69) is 26.1 Å². The predicted molar refractivity (Wildman–Crippen MR) is 78.0 cm³/mol. The van der Waals surface area contributed by atoms with Crippen LogP contribution in [0.4, 0.5) is 0 Å². The lowest BCUT2D eigenvalue weighted by atomic mass is 10.0. The Bertz CT molecular complexity index is 367. The largest absolute Gasteiger partial charge is 0.497 e. The molecule has 0 radical (unpaired) electrons. The van der Waals surface area contributed by atoms with E-state index in [1.807, 2.05) is 18.2 Å². The van der Waals surface area contributed by atoms with Gasteiger partial charge in [-0.3, -0.25) is 0 Å². The van der Waals surface area contributed by atoms with E-state index in [0.29, 0.717) is 0 Å². The van der Waals surface area contributed by atoms with Gasteiger partial charge in [0.2, 0.25) is 0 Å². The third kappa shape index (κ3) is 4.75. The number of benzene rings is 1. The van der Waals surface area contributed by atoms with E-state index in [1.54, 1.807) is 14.2 Å². The molecule has 0 aliphatic carbocycles. The van der Waals surface area contributed by atoms with Crippen molar-refractivity contribution in [3.8, 4) is 11.5 Å². The van der Waals surface area contributed by atoms with Crippen molar-refractivity contribution in [2.75, 3.05) is 14.2 Å². The Morgan fingerprint density at radius 2 is 1.83 bits per heavy atom. The molecule has 18 heavy (non-hydrogen) atoms. The van der Waals surface area contributed by atoms with E-state index >= 15 is 0 Å². The maximum atomic E-state index is 5.37. The molecule has 4 heteroatoms. The first-order chi connectivity index (χ1) is 8.02. The maximum absolute atomic E-state index is 5.37. The van der Waals surface area contributed by atoms with E-state index in [0.717, 1.165) is 30.0 Å². The first kappa shape index (κ1) is 17.1. The molecule has 0 saturated carbocycles. The minimum Gasteiger partial charge on any atom is -0.497 e. The van der Waals surface area contributed by atoms with Gasteiger partial charge in [-0.2, -0.15) is 0 Å². The highest BCUT2D eigenvalue weighted by atomic mass is 35.5. The van der Waals surface area contributed by atoms with Crippen LogP contribution in [0.5, 0.6) is 11.5 Å². The van der Waals surface area contributed by atoms with Crippen LogP contribution in [-0.4, -0.2) is 19.8 Å². The van der Waals surface area contributed by atoms with Gasteiger partial charge in [0.25, 0.3) is 0 Å². The van der Waals surface area contributed by atoms with Crippen molar-refractivity contribution in [3.05, 3.63) is 23.8 Å². The zero-order valence-electron chi connectivity index (χ0n) is 11.9. The van der Waals surface area contributed by atoms with E-state index in [-0.39, 0.29) is 17.9 Å². The maximum Gasteiger partial charge on any atom is 0.127 e. The molecule has 0 atom stereocenters. The highest BCUT2D eigenvalue weighted by Crippen LogP contribution is 2.25. The second-order valence-corrected chi connectivity index (χ2v) is 4.77. The first-order valence-electron chi connectivity index (χ1n) is 5.98. The van der Waals surface area contributed by atoms with Crippen molar-refractivity contribution < 1.29 is 9.47 Å². The Morgan fingerprint density at radius 1 is 1.17 bits per heavy atom. The summed E-state index contributed by atoms with van der Waals surface area (Å²) in [5.74, 6) is 1.68. The molecule has 0 saturated heterocycles.